The Hall–Kier alpha value is -2.20. The Bertz CT molecular complexity index is 734. The second-order valence-electron chi connectivity index (χ2n) is 5.22. The predicted octanol–water partition coefficient (Wildman–Crippen LogP) is 4.28. The van der Waals surface area contributed by atoms with Gasteiger partial charge in [-0.15, -0.1) is 11.3 Å². The lowest BCUT2D eigenvalue weighted by atomic mass is 10.2. The van der Waals surface area contributed by atoms with E-state index in [4.69, 9.17) is 0 Å². The fourth-order valence-electron chi connectivity index (χ4n) is 2.38. The summed E-state index contributed by atoms with van der Waals surface area (Å²) in [6, 6.07) is 17.9. The molecule has 4 heteroatoms. The summed E-state index contributed by atoms with van der Waals surface area (Å²) in [6.07, 6.45) is 2.23. The van der Waals surface area contributed by atoms with E-state index in [9.17, 15) is 4.79 Å². The Labute approximate surface area is 134 Å². The van der Waals surface area contributed by atoms with Gasteiger partial charge in [0.1, 0.15) is 0 Å². The Morgan fingerprint density at radius 1 is 1.09 bits per heavy atom. The largest absolute Gasteiger partial charge is 0.316 e. The van der Waals surface area contributed by atoms with Crippen molar-refractivity contribution in [1.29, 1.82) is 0 Å². The number of fused-ring (bicyclic) bond motifs is 1. The van der Waals surface area contributed by atoms with E-state index in [1.54, 1.807) is 16.2 Å². The van der Waals surface area contributed by atoms with E-state index in [1.807, 2.05) is 55.6 Å². The number of benzene rings is 2. The summed E-state index contributed by atoms with van der Waals surface area (Å²) in [5.74, 6) is 0.146. The maximum Gasteiger partial charge on any atom is 0.226 e. The van der Waals surface area contributed by atoms with Crippen LogP contribution in [0.2, 0.25) is 0 Å². The lowest BCUT2D eigenvalue weighted by Gasteiger charge is -2.16. The van der Waals surface area contributed by atoms with Gasteiger partial charge in [0.05, 0.1) is 15.2 Å². The Morgan fingerprint density at radius 3 is 2.59 bits per heavy atom. The molecule has 3 rings (SSSR count). The topological polar surface area (TPSA) is 33.2 Å². The third-order valence-electron chi connectivity index (χ3n) is 3.64. The zero-order valence-corrected chi connectivity index (χ0v) is 13.3. The molecule has 0 spiro atoms. The molecule has 0 aliphatic rings. The van der Waals surface area contributed by atoms with Crippen LogP contribution in [0.5, 0.6) is 0 Å². The molecule has 0 aliphatic heterocycles. The van der Waals surface area contributed by atoms with Crippen molar-refractivity contribution < 1.29 is 4.79 Å². The molecule has 0 aliphatic carbocycles. The summed E-state index contributed by atoms with van der Waals surface area (Å²) in [5.41, 5.74) is 1.99. The Morgan fingerprint density at radius 2 is 1.82 bits per heavy atom. The maximum absolute atomic E-state index is 12.2. The number of rotatable bonds is 5. The smallest absolute Gasteiger partial charge is 0.226 e. The number of hydrogen-bond acceptors (Lipinski definition) is 3. The van der Waals surface area contributed by atoms with E-state index in [-0.39, 0.29) is 5.91 Å². The van der Waals surface area contributed by atoms with Gasteiger partial charge in [0.25, 0.3) is 0 Å². The molecule has 2 aromatic carbocycles. The first-order valence-corrected chi connectivity index (χ1v) is 8.22. The van der Waals surface area contributed by atoms with E-state index < -0.39 is 0 Å². The third kappa shape index (κ3) is 3.34. The van der Waals surface area contributed by atoms with Gasteiger partial charge in [-0.2, -0.15) is 0 Å². The average Bonchev–Trinajstić information content (AvgIpc) is 2.97. The molecular formula is C18H18N2OS. The number of aryl methyl sites for hydroxylation is 1. The number of thiazole rings is 1. The van der Waals surface area contributed by atoms with Crippen molar-refractivity contribution >= 4 is 33.1 Å². The molecule has 1 amide bonds. The highest BCUT2D eigenvalue weighted by Gasteiger charge is 2.11. The summed E-state index contributed by atoms with van der Waals surface area (Å²) in [4.78, 5) is 18.5. The highest BCUT2D eigenvalue weighted by molar-refractivity contribution is 7.18. The van der Waals surface area contributed by atoms with Crippen LogP contribution in [0.25, 0.3) is 10.2 Å². The zero-order chi connectivity index (χ0) is 15.4. The summed E-state index contributed by atoms with van der Waals surface area (Å²) >= 11 is 1.72. The summed E-state index contributed by atoms with van der Waals surface area (Å²) in [5, 5.41) is 1.11. The average molecular weight is 310 g/mol. The molecular weight excluding hydrogens is 292 g/mol. The van der Waals surface area contributed by atoms with Gasteiger partial charge >= 0.3 is 0 Å². The number of nitrogens with zero attached hydrogens (tertiary/aromatic N) is 2. The molecule has 0 N–H and O–H groups in total. The minimum atomic E-state index is 0.146. The number of carbonyl (C=O) groups is 1. The molecule has 1 aromatic heterocycles. The molecule has 112 valence electrons. The van der Waals surface area contributed by atoms with Crippen LogP contribution in [-0.2, 0) is 11.2 Å². The van der Waals surface area contributed by atoms with Crippen molar-refractivity contribution in [2.24, 2.45) is 0 Å². The van der Waals surface area contributed by atoms with Crippen molar-refractivity contribution in [3.8, 4) is 0 Å². The summed E-state index contributed by atoms with van der Waals surface area (Å²) < 4.78 is 1.21. The van der Waals surface area contributed by atoms with Crippen molar-refractivity contribution in [3.63, 3.8) is 0 Å². The van der Waals surface area contributed by atoms with Crippen LogP contribution in [0, 0.1) is 0 Å². The van der Waals surface area contributed by atoms with Crippen molar-refractivity contribution in [2.45, 2.75) is 19.3 Å². The van der Waals surface area contributed by atoms with Gasteiger partial charge in [-0.05, 0) is 37.1 Å². The number of anilines is 1. The molecule has 0 bridgehead atoms. The minimum absolute atomic E-state index is 0.146. The highest BCUT2D eigenvalue weighted by Crippen LogP contribution is 2.23. The second kappa shape index (κ2) is 6.71. The second-order valence-corrected chi connectivity index (χ2v) is 6.33. The van der Waals surface area contributed by atoms with E-state index in [2.05, 4.69) is 11.1 Å². The van der Waals surface area contributed by atoms with Crippen LogP contribution in [-0.4, -0.2) is 17.9 Å². The first-order chi connectivity index (χ1) is 10.7. The molecule has 0 fully saturated rings. The molecule has 0 unspecified atom stereocenters. The lowest BCUT2D eigenvalue weighted by Crippen LogP contribution is -2.25. The maximum atomic E-state index is 12.2. The fourth-order valence-corrected chi connectivity index (χ4v) is 3.39. The summed E-state index contributed by atoms with van der Waals surface area (Å²) in [6.45, 7) is 0. The van der Waals surface area contributed by atoms with Gasteiger partial charge in [-0.1, -0.05) is 30.3 Å². The monoisotopic (exact) mass is 310 g/mol. The first kappa shape index (κ1) is 14.7. The molecule has 0 radical (unpaired) electrons. The van der Waals surface area contributed by atoms with Crippen LogP contribution in [0.4, 0.5) is 5.69 Å². The number of hydrogen-bond donors (Lipinski definition) is 0. The van der Waals surface area contributed by atoms with E-state index in [1.165, 1.54) is 4.70 Å². The Balaban J connectivity index is 1.55. The lowest BCUT2D eigenvalue weighted by molar-refractivity contribution is -0.118. The number of carbonyl (C=O) groups excluding carboxylic acids is 1. The van der Waals surface area contributed by atoms with E-state index in [0.717, 1.165) is 29.1 Å². The quantitative estimate of drug-likeness (QED) is 0.704. The number of para-hydroxylation sites is 2. The van der Waals surface area contributed by atoms with Gasteiger partial charge < -0.3 is 4.90 Å². The number of amides is 1. The van der Waals surface area contributed by atoms with Gasteiger partial charge in [-0.25, -0.2) is 4.98 Å². The molecule has 3 nitrogen and oxygen atoms in total. The molecule has 0 saturated carbocycles. The minimum Gasteiger partial charge on any atom is -0.316 e. The molecule has 1 heterocycles. The van der Waals surface area contributed by atoms with Crippen molar-refractivity contribution in [1.82, 2.24) is 4.98 Å². The van der Waals surface area contributed by atoms with Crippen LogP contribution in [0.1, 0.15) is 17.8 Å². The number of aromatic nitrogens is 1. The van der Waals surface area contributed by atoms with E-state index in [0.29, 0.717) is 6.42 Å². The Kier molecular flexibility index (Phi) is 4.49. The van der Waals surface area contributed by atoms with E-state index >= 15 is 0 Å². The first-order valence-electron chi connectivity index (χ1n) is 7.40. The summed E-state index contributed by atoms with van der Waals surface area (Å²) in [7, 11) is 1.83. The molecule has 0 saturated heterocycles. The van der Waals surface area contributed by atoms with Crippen molar-refractivity contribution in [3.05, 3.63) is 59.6 Å². The zero-order valence-electron chi connectivity index (χ0n) is 12.5. The molecule has 3 aromatic rings. The van der Waals surface area contributed by atoms with Crippen LogP contribution in [0.3, 0.4) is 0 Å². The highest BCUT2D eigenvalue weighted by atomic mass is 32.1. The molecule has 0 atom stereocenters. The van der Waals surface area contributed by atoms with Gasteiger partial charge in [0, 0.05) is 19.2 Å². The normalized spacial score (nSPS) is 10.8. The van der Waals surface area contributed by atoms with Gasteiger partial charge in [0.2, 0.25) is 5.91 Å². The van der Waals surface area contributed by atoms with Crippen molar-refractivity contribution in [2.75, 3.05) is 11.9 Å². The predicted molar refractivity (Wildman–Crippen MR) is 92.4 cm³/mol. The van der Waals surface area contributed by atoms with Gasteiger partial charge in [-0.3, -0.25) is 4.79 Å². The standard InChI is InChI=1S/C18H18N2OS/c1-20(14-8-3-2-4-9-14)18(21)13-7-12-17-19-15-10-5-6-11-16(15)22-17/h2-6,8-11H,7,12-13H2,1H3. The molecule has 22 heavy (non-hydrogen) atoms. The van der Waals surface area contributed by atoms with Crippen LogP contribution in [0.15, 0.2) is 54.6 Å². The van der Waals surface area contributed by atoms with Gasteiger partial charge in [0.15, 0.2) is 0 Å². The van der Waals surface area contributed by atoms with Crippen LogP contribution < -0.4 is 4.90 Å². The SMILES string of the molecule is CN(C(=O)CCCc1nc2ccccc2s1)c1ccccc1. The third-order valence-corrected chi connectivity index (χ3v) is 4.73. The van der Waals surface area contributed by atoms with Crippen LogP contribution >= 0.6 is 11.3 Å². The fraction of sp³-hybridized carbons (Fsp3) is 0.222.